The normalized spacial score (nSPS) is 32.3. The van der Waals surface area contributed by atoms with E-state index in [0.717, 1.165) is 0 Å². The molecule has 1 aliphatic carbocycles. The number of methoxy groups -OCH3 is 1. The first kappa shape index (κ1) is 10.9. The summed E-state index contributed by atoms with van der Waals surface area (Å²) in [6.07, 6.45) is 0. The van der Waals surface area contributed by atoms with Gasteiger partial charge in [0.25, 0.3) is 0 Å². The van der Waals surface area contributed by atoms with Gasteiger partial charge in [-0.05, 0) is 0 Å². The lowest BCUT2D eigenvalue weighted by atomic mass is 10.1. The first-order valence-corrected chi connectivity index (χ1v) is 4.20. The van der Waals surface area contributed by atoms with Gasteiger partial charge in [-0.15, -0.1) is 0 Å². The van der Waals surface area contributed by atoms with Crippen LogP contribution in [0, 0.1) is 17.8 Å². The predicted molar refractivity (Wildman–Crippen MR) is 45.6 cm³/mol. The number of ether oxygens (including phenoxy) is 1. The van der Waals surface area contributed by atoms with Crippen molar-refractivity contribution in [2.45, 2.75) is 6.04 Å². The molecule has 0 aromatic rings. The Morgan fingerprint density at radius 3 is 2.43 bits per heavy atom. The van der Waals surface area contributed by atoms with Gasteiger partial charge in [-0.3, -0.25) is 9.59 Å². The molecule has 1 rings (SSSR count). The Bertz CT molecular complexity index is 254. The van der Waals surface area contributed by atoms with Crippen LogP contribution in [0.4, 0.5) is 0 Å². The molecule has 6 heteroatoms. The zero-order chi connectivity index (χ0) is 10.9. The van der Waals surface area contributed by atoms with Crippen LogP contribution >= 0.6 is 0 Å². The SMILES string of the molecule is COC[C@H]1[C@@H](C(=O)O)[C@H]1[C@H](N)C(=O)O. The molecule has 0 radical (unpaired) electrons. The highest BCUT2D eigenvalue weighted by molar-refractivity contribution is 5.80. The Hall–Kier alpha value is -1.14. The summed E-state index contributed by atoms with van der Waals surface area (Å²) in [5, 5.41) is 17.4. The minimum Gasteiger partial charge on any atom is -0.481 e. The van der Waals surface area contributed by atoms with Crippen molar-refractivity contribution in [2.75, 3.05) is 13.7 Å². The number of carboxylic acid groups (broad SMARTS) is 2. The van der Waals surface area contributed by atoms with Crippen LogP contribution in [0.3, 0.4) is 0 Å². The van der Waals surface area contributed by atoms with Crippen molar-refractivity contribution >= 4 is 11.9 Å². The smallest absolute Gasteiger partial charge is 0.320 e. The highest BCUT2D eigenvalue weighted by Gasteiger charge is 2.59. The van der Waals surface area contributed by atoms with Crippen molar-refractivity contribution in [1.29, 1.82) is 0 Å². The Morgan fingerprint density at radius 1 is 1.50 bits per heavy atom. The average molecular weight is 203 g/mol. The third kappa shape index (κ3) is 1.85. The number of nitrogens with two attached hydrogens (primary N) is 1. The number of carboxylic acids is 2. The summed E-state index contributed by atoms with van der Waals surface area (Å²) in [6.45, 7) is 0.239. The van der Waals surface area contributed by atoms with Crippen molar-refractivity contribution in [3.63, 3.8) is 0 Å². The predicted octanol–water partition coefficient (Wildman–Crippen LogP) is -1.01. The zero-order valence-electron chi connectivity index (χ0n) is 7.71. The summed E-state index contributed by atoms with van der Waals surface area (Å²) in [7, 11) is 1.45. The van der Waals surface area contributed by atoms with E-state index in [1.54, 1.807) is 0 Å². The molecule has 0 unspecified atom stereocenters. The van der Waals surface area contributed by atoms with Crippen LogP contribution in [-0.2, 0) is 14.3 Å². The van der Waals surface area contributed by atoms with Crippen LogP contribution in [0.5, 0.6) is 0 Å². The van der Waals surface area contributed by atoms with Crippen LogP contribution in [0.1, 0.15) is 0 Å². The topological polar surface area (TPSA) is 110 Å². The van der Waals surface area contributed by atoms with E-state index in [0.29, 0.717) is 0 Å². The fraction of sp³-hybridized carbons (Fsp3) is 0.750. The molecule has 1 fully saturated rings. The molecule has 0 aromatic carbocycles. The first-order valence-electron chi connectivity index (χ1n) is 4.20. The average Bonchev–Trinajstić information content (AvgIpc) is 2.78. The van der Waals surface area contributed by atoms with E-state index in [4.69, 9.17) is 20.7 Å². The molecule has 0 heterocycles. The van der Waals surface area contributed by atoms with Crippen LogP contribution < -0.4 is 5.73 Å². The molecule has 14 heavy (non-hydrogen) atoms. The van der Waals surface area contributed by atoms with Crippen molar-refractivity contribution < 1.29 is 24.5 Å². The molecule has 0 bridgehead atoms. The maximum absolute atomic E-state index is 10.7. The number of carbonyl (C=O) groups is 2. The lowest BCUT2D eigenvalue weighted by molar-refractivity contribution is -0.140. The summed E-state index contributed by atoms with van der Waals surface area (Å²) in [6, 6.07) is -1.11. The van der Waals surface area contributed by atoms with Crippen molar-refractivity contribution in [3.05, 3.63) is 0 Å². The summed E-state index contributed by atoms with van der Waals surface area (Å²) in [5.41, 5.74) is 5.35. The second kappa shape index (κ2) is 3.93. The van der Waals surface area contributed by atoms with Gasteiger partial charge in [-0.25, -0.2) is 0 Å². The van der Waals surface area contributed by atoms with Gasteiger partial charge < -0.3 is 20.7 Å². The molecule has 0 aliphatic heterocycles. The highest BCUT2D eigenvalue weighted by atomic mass is 16.5. The molecule has 1 aliphatic rings. The summed E-state index contributed by atoms with van der Waals surface area (Å²) in [5.74, 6) is -3.64. The second-order valence-corrected chi connectivity index (χ2v) is 3.42. The van der Waals surface area contributed by atoms with Gasteiger partial charge in [0.05, 0.1) is 12.5 Å². The lowest BCUT2D eigenvalue weighted by Crippen LogP contribution is -2.34. The third-order valence-corrected chi connectivity index (χ3v) is 2.57. The quantitative estimate of drug-likeness (QED) is 0.528. The van der Waals surface area contributed by atoms with E-state index < -0.39 is 29.8 Å². The maximum Gasteiger partial charge on any atom is 0.320 e. The summed E-state index contributed by atoms with van der Waals surface area (Å²) < 4.78 is 4.79. The molecule has 80 valence electrons. The van der Waals surface area contributed by atoms with Gasteiger partial charge in [-0.1, -0.05) is 0 Å². The lowest BCUT2D eigenvalue weighted by Gasteiger charge is -2.03. The Morgan fingerprint density at radius 2 is 2.07 bits per heavy atom. The molecule has 0 amide bonds. The Labute approximate surface area is 80.7 Å². The molecule has 6 nitrogen and oxygen atoms in total. The van der Waals surface area contributed by atoms with Gasteiger partial charge in [0.2, 0.25) is 0 Å². The van der Waals surface area contributed by atoms with E-state index in [2.05, 4.69) is 0 Å². The third-order valence-electron chi connectivity index (χ3n) is 2.57. The highest BCUT2D eigenvalue weighted by Crippen LogP contribution is 2.48. The molecule has 0 spiro atoms. The molecule has 0 saturated heterocycles. The minimum absolute atomic E-state index is 0.239. The standard InChI is InChI=1S/C8H13NO5/c1-14-2-3-4(5(3)7(10)11)6(9)8(12)13/h3-6H,2,9H2,1H3,(H,10,11)(H,12,13)/t3-,4+,5-,6+/m1/s1. The van der Waals surface area contributed by atoms with Gasteiger partial charge >= 0.3 is 11.9 Å². The number of hydrogen-bond donors (Lipinski definition) is 3. The van der Waals surface area contributed by atoms with E-state index in [1.165, 1.54) is 7.11 Å². The van der Waals surface area contributed by atoms with Gasteiger partial charge in [0.1, 0.15) is 6.04 Å². The van der Waals surface area contributed by atoms with Crippen molar-refractivity contribution in [2.24, 2.45) is 23.5 Å². The van der Waals surface area contributed by atoms with Crippen molar-refractivity contribution in [3.8, 4) is 0 Å². The van der Waals surface area contributed by atoms with E-state index >= 15 is 0 Å². The zero-order valence-corrected chi connectivity index (χ0v) is 7.71. The van der Waals surface area contributed by atoms with E-state index in [-0.39, 0.29) is 12.5 Å². The second-order valence-electron chi connectivity index (χ2n) is 3.42. The van der Waals surface area contributed by atoms with Crippen LogP contribution in [0.25, 0.3) is 0 Å². The Kier molecular flexibility index (Phi) is 3.07. The minimum atomic E-state index is -1.17. The number of aliphatic carboxylic acids is 2. The fourth-order valence-electron chi connectivity index (χ4n) is 1.81. The maximum atomic E-state index is 10.7. The van der Waals surface area contributed by atoms with Gasteiger partial charge in [0.15, 0.2) is 0 Å². The van der Waals surface area contributed by atoms with Crippen LogP contribution in [0.15, 0.2) is 0 Å². The van der Waals surface area contributed by atoms with Crippen LogP contribution in [0.2, 0.25) is 0 Å². The Balaban J connectivity index is 2.62. The molecular formula is C8H13NO5. The molecule has 1 saturated carbocycles. The monoisotopic (exact) mass is 203 g/mol. The summed E-state index contributed by atoms with van der Waals surface area (Å²) in [4.78, 5) is 21.2. The fourth-order valence-corrected chi connectivity index (χ4v) is 1.81. The van der Waals surface area contributed by atoms with Crippen molar-refractivity contribution in [1.82, 2.24) is 0 Å². The first-order chi connectivity index (χ1) is 6.50. The van der Waals surface area contributed by atoms with Gasteiger partial charge in [-0.2, -0.15) is 0 Å². The molecule has 0 aromatic heterocycles. The van der Waals surface area contributed by atoms with Crippen LogP contribution in [-0.4, -0.2) is 41.9 Å². The molecule has 4 atom stereocenters. The number of hydrogen-bond acceptors (Lipinski definition) is 4. The largest absolute Gasteiger partial charge is 0.481 e. The molecule has 4 N–H and O–H groups in total. The van der Waals surface area contributed by atoms with Gasteiger partial charge in [0, 0.05) is 18.9 Å². The summed E-state index contributed by atoms with van der Waals surface area (Å²) >= 11 is 0. The number of rotatable bonds is 5. The molecular weight excluding hydrogens is 190 g/mol. The van der Waals surface area contributed by atoms with E-state index in [9.17, 15) is 9.59 Å². The van der Waals surface area contributed by atoms with E-state index in [1.807, 2.05) is 0 Å².